The fourth-order valence-corrected chi connectivity index (χ4v) is 3.94. The lowest BCUT2D eigenvalue weighted by atomic mass is 10.0. The fraction of sp³-hybridized carbons (Fsp3) is 0.500. The average Bonchev–Trinajstić information content (AvgIpc) is 3.31. The summed E-state index contributed by atoms with van der Waals surface area (Å²) >= 11 is 0. The molecule has 2 saturated heterocycles. The normalized spacial score (nSPS) is 24.1. The molecule has 2 fully saturated rings. The highest BCUT2D eigenvalue weighted by Gasteiger charge is 2.37. The number of pyridine rings is 1. The van der Waals surface area contributed by atoms with Crippen LogP contribution in [0, 0.1) is 0 Å². The second-order valence-electron chi connectivity index (χ2n) is 6.68. The maximum Gasteiger partial charge on any atom is 0.254 e. The Morgan fingerprint density at radius 2 is 2.25 bits per heavy atom. The highest BCUT2D eigenvalue weighted by atomic mass is 16.2. The lowest BCUT2D eigenvalue weighted by molar-refractivity contribution is 0.0345. The van der Waals surface area contributed by atoms with Crippen LogP contribution in [-0.2, 0) is 0 Å². The van der Waals surface area contributed by atoms with Gasteiger partial charge in [-0.05, 0) is 37.9 Å². The first kappa shape index (κ1) is 15.3. The number of carbonyl (C=O) groups is 1. The number of rotatable bonds is 3. The van der Waals surface area contributed by atoms with Gasteiger partial charge in [0.15, 0.2) is 0 Å². The zero-order valence-corrected chi connectivity index (χ0v) is 14.0. The number of carbonyl (C=O) groups excluding carboxylic acids is 1. The maximum absolute atomic E-state index is 13.1. The largest absolute Gasteiger partial charge is 0.333 e. The molecule has 0 radical (unpaired) electrons. The summed E-state index contributed by atoms with van der Waals surface area (Å²) in [5.74, 6) is 0.850. The van der Waals surface area contributed by atoms with Crippen molar-refractivity contribution in [2.45, 2.75) is 38.3 Å². The van der Waals surface area contributed by atoms with E-state index in [9.17, 15) is 4.79 Å². The first-order chi connectivity index (χ1) is 11.8. The predicted octanol–water partition coefficient (Wildman–Crippen LogP) is 1.97. The van der Waals surface area contributed by atoms with Crippen molar-refractivity contribution in [3.63, 3.8) is 0 Å². The van der Waals surface area contributed by atoms with Crippen molar-refractivity contribution in [2.75, 3.05) is 19.6 Å². The molecule has 2 atom stereocenters. The van der Waals surface area contributed by atoms with E-state index in [4.69, 9.17) is 0 Å². The van der Waals surface area contributed by atoms with E-state index in [1.807, 2.05) is 22.9 Å². The van der Waals surface area contributed by atoms with Gasteiger partial charge < -0.3 is 4.90 Å². The summed E-state index contributed by atoms with van der Waals surface area (Å²) in [6.45, 7) is 5.21. The van der Waals surface area contributed by atoms with Gasteiger partial charge in [-0.1, -0.05) is 6.92 Å². The SMILES string of the molecule is CCC1CN2CCCC2CN1C(=O)c1ccnc(-n2ccnc2)c1. The molecule has 2 aliphatic heterocycles. The quantitative estimate of drug-likeness (QED) is 0.866. The fourth-order valence-electron chi connectivity index (χ4n) is 3.94. The van der Waals surface area contributed by atoms with Gasteiger partial charge in [-0.25, -0.2) is 9.97 Å². The topological polar surface area (TPSA) is 54.3 Å². The van der Waals surface area contributed by atoms with Crippen LogP contribution in [0.4, 0.5) is 0 Å². The molecule has 0 aliphatic carbocycles. The molecule has 6 heteroatoms. The van der Waals surface area contributed by atoms with Crippen LogP contribution in [0.1, 0.15) is 36.5 Å². The number of aromatic nitrogens is 3. The molecule has 2 aliphatic rings. The van der Waals surface area contributed by atoms with E-state index in [0.717, 1.165) is 25.3 Å². The molecule has 2 unspecified atom stereocenters. The van der Waals surface area contributed by atoms with Gasteiger partial charge in [-0.15, -0.1) is 0 Å². The van der Waals surface area contributed by atoms with Crippen LogP contribution in [0.25, 0.3) is 5.82 Å². The predicted molar refractivity (Wildman–Crippen MR) is 91.1 cm³/mol. The van der Waals surface area contributed by atoms with E-state index in [1.165, 1.54) is 19.4 Å². The van der Waals surface area contributed by atoms with E-state index in [0.29, 0.717) is 17.6 Å². The monoisotopic (exact) mass is 325 g/mol. The highest BCUT2D eigenvalue weighted by Crippen LogP contribution is 2.27. The minimum atomic E-state index is 0.122. The number of nitrogens with zero attached hydrogens (tertiary/aromatic N) is 5. The van der Waals surface area contributed by atoms with E-state index in [-0.39, 0.29) is 5.91 Å². The van der Waals surface area contributed by atoms with Crippen LogP contribution in [0.3, 0.4) is 0 Å². The third-order valence-electron chi connectivity index (χ3n) is 5.29. The van der Waals surface area contributed by atoms with Crippen LogP contribution in [0.15, 0.2) is 37.1 Å². The molecule has 1 amide bonds. The first-order valence-electron chi connectivity index (χ1n) is 8.75. The maximum atomic E-state index is 13.1. The Bertz CT molecular complexity index is 714. The van der Waals surface area contributed by atoms with Gasteiger partial charge in [0.25, 0.3) is 5.91 Å². The van der Waals surface area contributed by atoms with Crippen molar-refractivity contribution < 1.29 is 4.79 Å². The molecule has 126 valence electrons. The molecule has 0 aromatic carbocycles. The van der Waals surface area contributed by atoms with E-state index in [1.54, 1.807) is 18.7 Å². The Morgan fingerprint density at radius 1 is 1.33 bits per heavy atom. The number of amides is 1. The van der Waals surface area contributed by atoms with Gasteiger partial charge in [0, 0.05) is 49.3 Å². The number of hydrogen-bond acceptors (Lipinski definition) is 4. The Labute approximate surface area is 142 Å². The van der Waals surface area contributed by atoms with Crippen LogP contribution in [-0.4, -0.2) is 62.0 Å². The molecule has 6 nitrogen and oxygen atoms in total. The molecular formula is C18H23N5O. The van der Waals surface area contributed by atoms with Gasteiger partial charge in [0.05, 0.1) is 0 Å². The van der Waals surface area contributed by atoms with Gasteiger partial charge in [0.2, 0.25) is 0 Å². The zero-order valence-electron chi connectivity index (χ0n) is 14.0. The molecule has 4 rings (SSSR count). The number of piperazine rings is 1. The van der Waals surface area contributed by atoms with Gasteiger partial charge >= 0.3 is 0 Å². The third-order valence-corrected chi connectivity index (χ3v) is 5.29. The van der Waals surface area contributed by atoms with Crippen molar-refractivity contribution in [2.24, 2.45) is 0 Å². The first-order valence-corrected chi connectivity index (χ1v) is 8.75. The molecular weight excluding hydrogens is 302 g/mol. The molecule has 4 heterocycles. The molecule has 0 bridgehead atoms. The second kappa shape index (κ2) is 6.36. The molecule has 0 N–H and O–H groups in total. The van der Waals surface area contributed by atoms with E-state index >= 15 is 0 Å². The lowest BCUT2D eigenvalue weighted by Crippen LogP contribution is -2.57. The van der Waals surface area contributed by atoms with Crippen molar-refractivity contribution >= 4 is 5.91 Å². The van der Waals surface area contributed by atoms with Crippen LogP contribution in [0.2, 0.25) is 0 Å². The highest BCUT2D eigenvalue weighted by molar-refractivity contribution is 5.94. The molecule has 24 heavy (non-hydrogen) atoms. The van der Waals surface area contributed by atoms with Gasteiger partial charge in [-0.2, -0.15) is 0 Å². The van der Waals surface area contributed by atoms with Crippen LogP contribution >= 0.6 is 0 Å². The standard InChI is InChI=1S/C18H23N5O/c1-2-15-11-21-8-3-4-16(21)12-23(15)18(24)14-5-6-20-17(10-14)22-9-7-19-13-22/h5-7,9-10,13,15-16H,2-4,8,11-12H2,1H3. The number of hydrogen-bond donors (Lipinski definition) is 0. The summed E-state index contributed by atoms with van der Waals surface area (Å²) in [5.41, 5.74) is 0.707. The minimum absolute atomic E-state index is 0.122. The Kier molecular flexibility index (Phi) is 4.06. The minimum Gasteiger partial charge on any atom is -0.333 e. The summed E-state index contributed by atoms with van der Waals surface area (Å²) in [5, 5.41) is 0. The van der Waals surface area contributed by atoms with E-state index in [2.05, 4.69) is 26.7 Å². The average molecular weight is 325 g/mol. The van der Waals surface area contributed by atoms with Crippen molar-refractivity contribution in [3.05, 3.63) is 42.6 Å². The van der Waals surface area contributed by atoms with Crippen molar-refractivity contribution in [3.8, 4) is 5.82 Å². The summed E-state index contributed by atoms with van der Waals surface area (Å²) in [7, 11) is 0. The number of fused-ring (bicyclic) bond motifs is 1. The smallest absolute Gasteiger partial charge is 0.254 e. The second-order valence-corrected chi connectivity index (χ2v) is 6.68. The summed E-state index contributed by atoms with van der Waals surface area (Å²) < 4.78 is 1.82. The molecule has 0 saturated carbocycles. The van der Waals surface area contributed by atoms with Crippen LogP contribution < -0.4 is 0 Å². The Morgan fingerprint density at radius 3 is 3.04 bits per heavy atom. The third kappa shape index (κ3) is 2.71. The Hall–Kier alpha value is -2.21. The molecule has 0 spiro atoms. The van der Waals surface area contributed by atoms with Crippen LogP contribution in [0.5, 0.6) is 0 Å². The summed E-state index contributed by atoms with van der Waals surface area (Å²) in [4.78, 5) is 26.2. The summed E-state index contributed by atoms with van der Waals surface area (Å²) in [6.07, 6.45) is 10.4. The van der Waals surface area contributed by atoms with Gasteiger partial charge in [0.1, 0.15) is 12.1 Å². The van der Waals surface area contributed by atoms with Crippen molar-refractivity contribution in [1.29, 1.82) is 0 Å². The van der Waals surface area contributed by atoms with Gasteiger partial charge in [-0.3, -0.25) is 14.3 Å². The number of imidazole rings is 1. The molecule has 2 aromatic heterocycles. The molecule has 2 aromatic rings. The lowest BCUT2D eigenvalue weighted by Gasteiger charge is -2.43. The zero-order chi connectivity index (χ0) is 16.5. The Balaban J connectivity index is 1.59. The summed E-state index contributed by atoms with van der Waals surface area (Å²) in [6, 6.07) is 4.51. The van der Waals surface area contributed by atoms with Crippen molar-refractivity contribution in [1.82, 2.24) is 24.3 Å². The van der Waals surface area contributed by atoms with E-state index < -0.39 is 0 Å².